The first-order chi connectivity index (χ1) is 21.6. The van der Waals surface area contributed by atoms with Crippen molar-refractivity contribution in [3.05, 3.63) is 63.4 Å². The Labute approximate surface area is 273 Å². The van der Waals surface area contributed by atoms with Crippen molar-refractivity contribution < 1.29 is 23.9 Å². The SMILES string of the molecule is CCN1C(C2CCCCC2)[C@@]2(C(=O)Nc3cc(Cl)ccc32)[C@@H](c2cccc(Cl)c2F)[C@@H]1C(=O)NC12CCC(C(=O)O)(CC1)CC2. The number of nitrogens with one attached hydrogen (secondary N) is 2. The highest BCUT2D eigenvalue weighted by Gasteiger charge is 2.70. The van der Waals surface area contributed by atoms with Gasteiger partial charge < -0.3 is 15.7 Å². The Hall–Kier alpha value is -2.68. The van der Waals surface area contributed by atoms with Crippen LogP contribution in [0.5, 0.6) is 0 Å². The van der Waals surface area contributed by atoms with Crippen molar-refractivity contribution in [3.63, 3.8) is 0 Å². The molecule has 4 atom stereocenters. The Kier molecular flexibility index (Phi) is 7.73. The summed E-state index contributed by atoms with van der Waals surface area (Å²) in [5.41, 5.74) is -0.908. The summed E-state index contributed by atoms with van der Waals surface area (Å²) in [5.74, 6) is -2.60. The van der Waals surface area contributed by atoms with Crippen LogP contribution in [0.1, 0.15) is 94.6 Å². The van der Waals surface area contributed by atoms with Gasteiger partial charge in [-0.25, -0.2) is 4.39 Å². The van der Waals surface area contributed by atoms with E-state index in [1.807, 2.05) is 13.0 Å². The van der Waals surface area contributed by atoms with Crippen LogP contribution in [0, 0.1) is 17.2 Å². The normalized spacial score (nSPS) is 34.6. The van der Waals surface area contributed by atoms with Gasteiger partial charge in [0.25, 0.3) is 0 Å². The van der Waals surface area contributed by atoms with E-state index in [1.165, 1.54) is 6.07 Å². The number of likely N-dealkylation sites (N-methyl/N-ethyl adjacent to an activating group) is 1. The van der Waals surface area contributed by atoms with E-state index in [0.717, 1.165) is 37.7 Å². The van der Waals surface area contributed by atoms with Crippen molar-refractivity contribution in [3.8, 4) is 0 Å². The zero-order valence-corrected chi connectivity index (χ0v) is 27.0. The molecule has 7 nitrogen and oxygen atoms in total. The monoisotopic (exact) mass is 655 g/mol. The summed E-state index contributed by atoms with van der Waals surface area (Å²) in [6.07, 6.45) is 8.32. The molecule has 2 heterocycles. The molecule has 4 saturated carbocycles. The Morgan fingerprint density at radius 2 is 1.73 bits per heavy atom. The van der Waals surface area contributed by atoms with Gasteiger partial charge in [0.15, 0.2) is 0 Å². The summed E-state index contributed by atoms with van der Waals surface area (Å²) in [4.78, 5) is 43.9. The van der Waals surface area contributed by atoms with Gasteiger partial charge >= 0.3 is 5.97 Å². The Morgan fingerprint density at radius 1 is 1.04 bits per heavy atom. The van der Waals surface area contributed by atoms with Crippen LogP contribution in [0.15, 0.2) is 36.4 Å². The fourth-order valence-electron chi connectivity index (χ4n) is 9.98. The number of carboxylic acid groups (broad SMARTS) is 1. The van der Waals surface area contributed by atoms with Gasteiger partial charge in [-0.3, -0.25) is 19.3 Å². The standard InChI is InChI=1S/C35H40Cl2FN3O4/c1-2-41-28(30(42)40-34-16-13-33(14-17-34,15-18-34)32(44)45)26(22-9-6-10-24(37)27(22)38)35(29(41)20-7-4-3-5-8-20)23-12-11-21(36)19-25(23)39-31(35)43/h6,9-12,19-20,26,28-29H,2-5,7-8,13-18H2,1H3,(H,39,43)(H,40,42)(H,44,45)/t26-,28+,29?,33?,34?,35-/m0/s1. The van der Waals surface area contributed by atoms with Gasteiger partial charge in [-0.1, -0.05) is 67.6 Å². The number of fused-ring (bicyclic) bond motifs is 5. The summed E-state index contributed by atoms with van der Waals surface area (Å²) in [7, 11) is 0. The summed E-state index contributed by atoms with van der Waals surface area (Å²) in [6, 6.07) is 9.03. The number of carbonyl (C=O) groups is 3. The number of rotatable bonds is 6. The molecule has 2 aliphatic heterocycles. The van der Waals surface area contributed by atoms with Crippen molar-refractivity contribution in [1.29, 1.82) is 0 Å². The molecule has 2 aromatic rings. The number of amides is 2. The molecule has 240 valence electrons. The van der Waals surface area contributed by atoms with E-state index in [1.54, 1.807) is 24.3 Å². The first-order valence-corrected chi connectivity index (χ1v) is 17.2. The van der Waals surface area contributed by atoms with Crippen LogP contribution in [-0.2, 0) is 19.8 Å². The molecule has 1 unspecified atom stereocenters. The number of anilines is 1. The Morgan fingerprint density at radius 3 is 2.38 bits per heavy atom. The second kappa shape index (κ2) is 11.2. The van der Waals surface area contributed by atoms with E-state index in [-0.39, 0.29) is 34.4 Å². The number of likely N-dealkylation sites (tertiary alicyclic amines) is 1. The Balaban J connectivity index is 1.40. The number of nitrogens with zero attached hydrogens (tertiary/aromatic N) is 1. The van der Waals surface area contributed by atoms with E-state index in [4.69, 9.17) is 23.2 Å². The summed E-state index contributed by atoms with van der Waals surface area (Å²) < 4.78 is 16.3. The first-order valence-electron chi connectivity index (χ1n) is 16.4. The summed E-state index contributed by atoms with van der Waals surface area (Å²) in [6.45, 7) is 2.50. The lowest BCUT2D eigenvalue weighted by molar-refractivity contribution is -0.157. The van der Waals surface area contributed by atoms with Gasteiger partial charge in [0.1, 0.15) is 11.2 Å². The van der Waals surface area contributed by atoms with Gasteiger partial charge in [-0.2, -0.15) is 0 Å². The molecule has 2 aromatic carbocycles. The molecule has 2 bridgehead atoms. The molecule has 4 aliphatic carbocycles. The molecule has 3 N–H and O–H groups in total. The molecule has 1 saturated heterocycles. The average molecular weight is 657 g/mol. The van der Waals surface area contributed by atoms with Crippen molar-refractivity contribution in [1.82, 2.24) is 10.2 Å². The molecule has 0 aromatic heterocycles. The second-order valence-electron chi connectivity index (χ2n) is 14.1. The highest BCUT2D eigenvalue weighted by Crippen LogP contribution is 2.61. The number of hydrogen-bond donors (Lipinski definition) is 3. The third-order valence-electron chi connectivity index (χ3n) is 12.2. The van der Waals surface area contributed by atoms with Crippen LogP contribution in [0.25, 0.3) is 0 Å². The molecule has 8 rings (SSSR count). The maximum Gasteiger partial charge on any atom is 0.309 e. The second-order valence-corrected chi connectivity index (χ2v) is 15.0. The quantitative estimate of drug-likeness (QED) is 0.310. The largest absolute Gasteiger partial charge is 0.481 e. The number of carboxylic acids is 1. The van der Waals surface area contributed by atoms with Crippen molar-refractivity contribution in [2.75, 3.05) is 11.9 Å². The van der Waals surface area contributed by atoms with E-state index in [9.17, 15) is 19.5 Å². The van der Waals surface area contributed by atoms with Gasteiger partial charge in [0.2, 0.25) is 11.8 Å². The van der Waals surface area contributed by atoms with Crippen molar-refractivity contribution in [2.45, 2.75) is 107 Å². The lowest BCUT2D eigenvalue weighted by atomic mass is 9.57. The molecule has 5 fully saturated rings. The molecule has 6 aliphatic rings. The number of halogens is 3. The van der Waals surface area contributed by atoms with E-state index < -0.39 is 40.1 Å². The average Bonchev–Trinajstić information content (AvgIpc) is 3.50. The molecule has 0 radical (unpaired) electrons. The van der Waals surface area contributed by atoms with Crippen LogP contribution in [0.3, 0.4) is 0 Å². The number of hydrogen-bond acceptors (Lipinski definition) is 4. The lowest BCUT2D eigenvalue weighted by Crippen LogP contribution is -2.61. The van der Waals surface area contributed by atoms with Crippen LogP contribution in [0.2, 0.25) is 10.0 Å². The predicted octanol–water partition coefficient (Wildman–Crippen LogP) is 7.05. The van der Waals surface area contributed by atoms with Crippen molar-refractivity contribution in [2.24, 2.45) is 11.3 Å². The fourth-order valence-corrected chi connectivity index (χ4v) is 10.3. The highest BCUT2D eigenvalue weighted by atomic mass is 35.5. The van der Waals surface area contributed by atoms with Crippen LogP contribution < -0.4 is 10.6 Å². The van der Waals surface area contributed by atoms with E-state index >= 15 is 4.39 Å². The van der Waals surface area contributed by atoms with Gasteiger partial charge in [-0.15, -0.1) is 0 Å². The molecule has 2 amide bonds. The van der Waals surface area contributed by atoms with Crippen molar-refractivity contribution >= 4 is 46.7 Å². The first kappa shape index (κ1) is 30.9. The predicted molar refractivity (Wildman–Crippen MR) is 171 cm³/mol. The third kappa shape index (κ3) is 4.56. The molecule has 45 heavy (non-hydrogen) atoms. The van der Waals surface area contributed by atoms with Gasteiger partial charge in [0, 0.05) is 28.2 Å². The molecule has 1 spiro atoms. The number of carbonyl (C=O) groups excluding carboxylic acids is 2. The van der Waals surface area contributed by atoms with Gasteiger partial charge in [-0.05, 0) is 93.2 Å². The summed E-state index contributed by atoms with van der Waals surface area (Å²) >= 11 is 12.8. The zero-order chi connectivity index (χ0) is 31.7. The lowest BCUT2D eigenvalue weighted by Gasteiger charge is -2.52. The smallest absolute Gasteiger partial charge is 0.309 e. The summed E-state index contributed by atoms with van der Waals surface area (Å²) in [5, 5.41) is 16.9. The minimum Gasteiger partial charge on any atom is -0.481 e. The van der Waals surface area contributed by atoms with Crippen LogP contribution in [0.4, 0.5) is 10.1 Å². The molecular formula is C35H40Cl2FN3O4. The van der Waals surface area contributed by atoms with Crippen LogP contribution in [-0.4, -0.2) is 52.0 Å². The maximum absolute atomic E-state index is 16.3. The number of aliphatic carboxylic acids is 1. The topological polar surface area (TPSA) is 98.7 Å². The third-order valence-corrected chi connectivity index (χ3v) is 12.7. The Bertz CT molecular complexity index is 1540. The minimum absolute atomic E-state index is 0.0520. The van der Waals surface area contributed by atoms with E-state index in [2.05, 4.69) is 15.5 Å². The zero-order valence-electron chi connectivity index (χ0n) is 25.5. The minimum atomic E-state index is -1.26. The number of benzene rings is 2. The molecule has 10 heteroatoms. The fraction of sp³-hybridized carbons (Fsp3) is 0.571. The maximum atomic E-state index is 16.3. The van der Waals surface area contributed by atoms with Crippen LogP contribution >= 0.6 is 23.2 Å². The molecular weight excluding hydrogens is 616 g/mol. The van der Waals surface area contributed by atoms with E-state index in [0.29, 0.717) is 55.8 Å². The van der Waals surface area contributed by atoms with Gasteiger partial charge in [0.05, 0.1) is 16.5 Å². The highest BCUT2D eigenvalue weighted by molar-refractivity contribution is 6.31.